The lowest BCUT2D eigenvalue weighted by Gasteiger charge is -2.30. The van der Waals surface area contributed by atoms with Gasteiger partial charge in [0.15, 0.2) is 0 Å². The second-order valence-corrected chi connectivity index (χ2v) is 5.00. The smallest absolute Gasteiger partial charge is 0.239 e. The van der Waals surface area contributed by atoms with Crippen LogP contribution in [0.15, 0.2) is 16.5 Å². The molecular weight excluding hydrogens is 244 g/mol. The van der Waals surface area contributed by atoms with Gasteiger partial charge in [-0.2, -0.15) is 0 Å². The number of morpholine rings is 1. The first-order valence-corrected chi connectivity index (χ1v) is 6.77. The maximum absolute atomic E-state index is 12.2. The largest absolute Gasteiger partial charge is 0.465 e. The van der Waals surface area contributed by atoms with Crippen molar-refractivity contribution in [3.63, 3.8) is 0 Å². The SMILES string of the molecule is Cc1ccc(C(C)NC(C)C(=O)N2CCOCC2)o1. The Morgan fingerprint density at radius 1 is 1.32 bits per heavy atom. The summed E-state index contributed by atoms with van der Waals surface area (Å²) < 4.78 is 10.8. The summed E-state index contributed by atoms with van der Waals surface area (Å²) in [5.41, 5.74) is 0. The Balaban J connectivity index is 1.89. The molecule has 2 unspecified atom stereocenters. The molecule has 5 heteroatoms. The number of amides is 1. The molecule has 5 nitrogen and oxygen atoms in total. The number of hydrogen-bond acceptors (Lipinski definition) is 4. The van der Waals surface area contributed by atoms with Crippen LogP contribution in [-0.4, -0.2) is 43.2 Å². The highest BCUT2D eigenvalue weighted by molar-refractivity contribution is 5.81. The minimum atomic E-state index is -0.224. The van der Waals surface area contributed by atoms with Gasteiger partial charge in [-0.3, -0.25) is 10.1 Å². The van der Waals surface area contributed by atoms with Gasteiger partial charge in [0.1, 0.15) is 11.5 Å². The van der Waals surface area contributed by atoms with Crippen LogP contribution < -0.4 is 5.32 Å². The summed E-state index contributed by atoms with van der Waals surface area (Å²) >= 11 is 0. The molecule has 0 spiro atoms. The van der Waals surface area contributed by atoms with Gasteiger partial charge in [-0.15, -0.1) is 0 Å². The zero-order valence-electron chi connectivity index (χ0n) is 11.8. The molecule has 0 radical (unpaired) electrons. The van der Waals surface area contributed by atoms with Gasteiger partial charge < -0.3 is 14.1 Å². The third kappa shape index (κ3) is 3.58. The van der Waals surface area contributed by atoms with E-state index in [4.69, 9.17) is 9.15 Å². The highest BCUT2D eigenvalue weighted by Crippen LogP contribution is 2.16. The van der Waals surface area contributed by atoms with Crippen molar-refractivity contribution < 1.29 is 13.9 Å². The summed E-state index contributed by atoms with van der Waals surface area (Å²) in [6.07, 6.45) is 0. The Bertz CT molecular complexity index is 424. The van der Waals surface area contributed by atoms with Gasteiger partial charge in [0.05, 0.1) is 25.3 Å². The van der Waals surface area contributed by atoms with E-state index in [0.717, 1.165) is 11.5 Å². The summed E-state index contributed by atoms with van der Waals surface area (Å²) in [5, 5.41) is 3.28. The number of rotatable bonds is 4. The van der Waals surface area contributed by atoms with Crippen LogP contribution in [0.2, 0.25) is 0 Å². The molecule has 1 fully saturated rings. The summed E-state index contributed by atoms with van der Waals surface area (Å²) in [5.74, 6) is 1.87. The molecule has 1 aliphatic heterocycles. The monoisotopic (exact) mass is 266 g/mol. The molecule has 0 aliphatic carbocycles. The lowest BCUT2D eigenvalue weighted by atomic mass is 10.2. The third-order valence-electron chi connectivity index (χ3n) is 3.38. The number of carbonyl (C=O) groups excluding carboxylic acids is 1. The molecule has 2 atom stereocenters. The highest BCUT2D eigenvalue weighted by atomic mass is 16.5. The maximum Gasteiger partial charge on any atom is 0.239 e. The van der Waals surface area contributed by atoms with Gasteiger partial charge >= 0.3 is 0 Å². The first kappa shape index (κ1) is 14.1. The van der Waals surface area contributed by atoms with Gasteiger partial charge in [0.25, 0.3) is 0 Å². The molecule has 1 amide bonds. The Hall–Kier alpha value is -1.33. The van der Waals surface area contributed by atoms with E-state index < -0.39 is 0 Å². The second kappa shape index (κ2) is 6.21. The Kier molecular flexibility index (Phi) is 4.61. The topological polar surface area (TPSA) is 54.7 Å². The number of hydrogen-bond donors (Lipinski definition) is 1. The molecule has 1 aromatic heterocycles. The summed E-state index contributed by atoms with van der Waals surface area (Å²) in [7, 11) is 0. The second-order valence-electron chi connectivity index (χ2n) is 5.00. The van der Waals surface area contributed by atoms with Crippen LogP contribution in [0.4, 0.5) is 0 Å². The van der Waals surface area contributed by atoms with Crippen molar-refractivity contribution in [2.75, 3.05) is 26.3 Å². The van der Waals surface area contributed by atoms with Crippen molar-refractivity contribution in [2.45, 2.75) is 32.9 Å². The number of ether oxygens (including phenoxy) is 1. The predicted octanol–water partition coefficient (Wildman–Crippen LogP) is 1.49. The van der Waals surface area contributed by atoms with Gasteiger partial charge in [0, 0.05) is 13.1 Å². The lowest BCUT2D eigenvalue weighted by molar-refractivity contribution is -0.137. The van der Waals surface area contributed by atoms with E-state index in [-0.39, 0.29) is 18.0 Å². The van der Waals surface area contributed by atoms with Gasteiger partial charge in [-0.05, 0) is 32.9 Å². The van der Waals surface area contributed by atoms with Crippen molar-refractivity contribution in [1.82, 2.24) is 10.2 Å². The van der Waals surface area contributed by atoms with E-state index in [1.165, 1.54) is 0 Å². The molecule has 1 saturated heterocycles. The molecule has 2 heterocycles. The third-order valence-corrected chi connectivity index (χ3v) is 3.38. The number of furan rings is 1. The van der Waals surface area contributed by atoms with Crippen molar-refractivity contribution in [2.24, 2.45) is 0 Å². The van der Waals surface area contributed by atoms with Crippen LogP contribution >= 0.6 is 0 Å². The van der Waals surface area contributed by atoms with Crippen LogP contribution in [0.25, 0.3) is 0 Å². The fraction of sp³-hybridized carbons (Fsp3) is 0.643. The highest BCUT2D eigenvalue weighted by Gasteiger charge is 2.24. The minimum absolute atomic E-state index is 0.0219. The predicted molar refractivity (Wildman–Crippen MR) is 71.9 cm³/mol. The number of carbonyl (C=O) groups is 1. The van der Waals surface area contributed by atoms with E-state index in [9.17, 15) is 4.79 Å². The zero-order chi connectivity index (χ0) is 13.8. The molecule has 1 aromatic rings. The maximum atomic E-state index is 12.2. The minimum Gasteiger partial charge on any atom is -0.465 e. The molecule has 1 N–H and O–H groups in total. The standard InChI is InChI=1S/C14H22N2O3/c1-10-4-5-13(19-10)11(2)15-12(3)14(17)16-6-8-18-9-7-16/h4-5,11-12,15H,6-9H2,1-3H3. The van der Waals surface area contributed by atoms with Crippen molar-refractivity contribution >= 4 is 5.91 Å². The first-order valence-electron chi connectivity index (χ1n) is 6.77. The Morgan fingerprint density at radius 3 is 2.58 bits per heavy atom. The average molecular weight is 266 g/mol. The molecule has 1 aliphatic rings. The lowest BCUT2D eigenvalue weighted by Crippen LogP contribution is -2.49. The molecule has 0 saturated carbocycles. The van der Waals surface area contributed by atoms with Crippen molar-refractivity contribution in [3.05, 3.63) is 23.7 Å². The van der Waals surface area contributed by atoms with Crippen molar-refractivity contribution in [1.29, 1.82) is 0 Å². The Morgan fingerprint density at radius 2 is 2.00 bits per heavy atom. The summed E-state index contributed by atoms with van der Waals surface area (Å²) in [6.45, 7) is 8.43. The van der Waals surface area contributed by atoms with Gasteiger partial charge in [-0.1, -0.05) is 0 Å². The number of aryl methyl sites for hydroxylation is 1. The number of nitrogens with one attached hydrogen (secondary N) is 1. The van der Waals surface area contributed by atoms with Gasteiger partial charge in [0.2, 0.25) is 5.91 Å². The number of nitrogens with zero attached hydrogens (tertiary/aromatic N) is 1. The average Bonchev–Trinajstić information content (AvgIpc) is 2.85. The van der Waals surface area contributed by atoms with E-state index in [0.29, 0.717) is 26.3 Å². The van der Waals surface area contributed by atoms with Crippen molar-refractivity contribution in [3.8, 4) is 0 Å². The van der Waals surface area contributed by atoms with Crippen LogP contribution in [0, 0.1) is 6.92 Å². The van der Waals surface area contributed by atoms with Crippen LogP contribution in [-0.2, 0) is 9.53 Å². The van der Waals surface area contributed by atoms with E-state index in [1.807, 2.05) is 37.8 Å². The van der Waals surface area contributed by atoms with Gasteiger partial charge in [-0.25, -0.2) is 0 Å². The van der Waals surface area contributed by atoms with Crippen LogP contribution in [0.5, 0.6) is 0 Å². The molecule has 106 valence electrons. The quantitative estimate of drug-likeness (QED) is 0.897. The van der Waals surface area contributed by atoms with E-state index in [2.05, 4.69) is 5.32 Å². The van der Waals surface area contributed by atoms with Crippen LogP contribution in [0.3, 0.4) is 0 Å². The summed E-state index contributed by atoms with van der Waals surface area (Å²) in [4.78, 5) is 14.1. The molecule has 0 bridgehead atoms. The molecular formula is C14H22N2O3. The molecule has 19 heavy (non-hydrogen) atoms. The fourth-order valence-electron chi connectivity index (χ4n) is 2.27. The van der Waals surface area contributed by atoms with E-state index >= 15 is 0 Å². The normalized spacial score (nSPS) is 19.2. The zero-order valence-corrected chi connectivity index (χ0v) is 11.8. The van der Waals surface area contributed by atoms with E-state index in [1.54, 1.807) is 0 Å². The molecule has 2 rings (SSSR count). The fourth-order valence-corrected chi connectivity index (χ4v) is 2.27. The molecule has 0 aromatic carbocycles. The first-order chi connectivity index (χ1) is 9.08. The van der Waals surface area contributed by atoms with Crippen LogP contribution in [0.1, 0.15) is 31.4 Å². The Labute approximate surface area is 113 Å². The summed E-state index contributed by atoms with van der Waals surface area (Å²) in [6, 6.07) is 3.67.